The van der Waals surface area contributed by atoms with Crippen LogP contribution in [0.3, 0.4) is 0 Å². The molecule has 6 nitrogen and oxygen atoms in total. The molecule has 1 aliphatic rings. The number of nitrogens with one attached hydrogen (secondary N) is 1. The molecular formula is C18H19F3N2O4S2. The van der Waals surface area contributed by atoms with Crippen LogP contribution in [0.1, 0.15) is 24.0 Å². The zero-order valence-electron chi connectivity index (χ0n) is 15.3. The van der Waals surface area contributed by atoms with E-state index in [1.54, 1.807) is 0 Å². The Hall–Kier alpha value is -1.95. The first-order valence-electron chi connectivity index (χ1n) is 8.64. The van der Waals surface area contributed by atoms with Gasteiger partial charge in [-0.25, -0.2) is 21.6 Å². The van der Waals surface area contributed by atoms with Gasteiger partial charge in [-0.3, -0.25) is 0 Å². The minimum Gasteiger partial charge on any atom is -0.208 e. The second-order valence-electron chi connectivity index (χ2n) is 6.83. The Kier molecular flexibility index (Phi) is 5.78. The van der Waals surface area contributed by atoms with Gasteiger partial charge in [0.05, 0.1) is 15.4 Å². The van der Waals surface area contributed by atoms with Crippen molar-refractivity contribution in [2.24, 2.45) is 0 Å². The van der Waals surface area contributed by atoms with Crippen molar-refractivity contribution in [1.29, 1.82) is 0 Å². The van der Waals surface area contributed by atoms with Gasteiger partial charge in [0, 0.05) is 19.6 Å². The Morgan fingerprint density at radius 2 is 1.59 bits per heavy atom. The number of sulfonamides is 2. The molecule has 0 radical (unpaired) electrons. The van der Waals surface area contributed by atoms with E-state index < -0.39 is 31.8 Å². The number of hydrogen-bond donors (Lipinski definition) is 1. The lowest BCUT2D eigenvalue weighted by Crippen LogP contribution is -2.27. The Balaban J connectivity index is 1.78. The lowest BCUT2D eigenvalue weighted by molar-refractivity contribution is -0.137. The summed E-state index contributed by atoms with van der Waals surface area (Å²) in [5, 5.41) is 0. The summed E-state index contributed by atoms with van der Waals surface area (Å²) >= 11 is 0. The van der Waals surface area contributed by atoms with Gasteiger partial charge in [-0.2, -0.15) is 17.5 Å². The average molecular weight is 448 g/mol. The van der Waals surface area contributed by atoms with Crippen molar-refractivity contribution in [1.82, 2.24) is 9.03 Å². The number of alkyl halides is 3. The third-order valence-electron chi connectivity index (χ3n) is 4.40. The van der Waals surface area contributed by atoms with Gasteiger partial charge in [0.15, 0.2) is 0 Å². The van der Waals surface area contributed by atoms with Crippen LogP contribution in [0.5, 0.6) is 0 Å². The zero-order valence-corrected chi connectivity index (χ0v) is 17.0. The first-order chi connectivity index (χ1) is 13.4. The van der Waals surface area contributed by atoms with E-state index in [4.69, 9.17) is 0 Å². The van der Waals surface area contributed by atoms with Gasteiger partial charge in [-0.15, -0.1) is 0 Å². The predicted octanol–water partition coefficient (Wildman–Crippen LogP) is 2.97. The van der Waals surface area contributed by atoms with E-state index in [0.29, 0.717) is 0 Å². The summed E-state index contributed by atoms with van der Waals surface area (Å²) in [5.74, 6) is 0. The molecule has 2 aromatic carbocycles. The van der Waals surface area contributed by atoms with Gasteiger partial charge in [-0.05, 0) is 48.7 Å². The third-order valence-corrected chi connectivity index (χ3v) is 7.75. The largest absolute Gasteiger partial charge is 0.416 e. The van der Waals surface area contributed by atoms with Crippen molar-refractivity contribution >= 4 is 20.0 Å². The highest BCUT2D eigenvalue weighted by atomic mass is 32.2. The molecule has 1 saturated carbocycles. The maximum Gasteiger partial charge on any atom is 0.416 e. The van der Waals surface area contributed by atoms with Crippen LogP contribution >= 0.6 is 0 Å². The Morgan fingerprint density at radius 1 is 1.00 bits per heavy atom. The molecule has 0 bridgehead atoms. The normalized spacial score (nSPS) is 15.6. The van der Waals surface area contributed by atoms with E-state index in [0.717, 1.165) is 29.3 Å². The van der Waals surface area contributed by atoms with Gasteiger partial charge >= 0.3 is 6.18 Å². The molecule has 29 heavy (non-hydrogen) atoms. The van der Waals surface area contributed by atoms with Crippen LogP contribution in [0.15, 0.2) is 58.3 Å². The van der Waals surface area contributed by atoms with Gasteiger partial charge in [0.2, 0.25) is 20.0 Å². The summed E-state index contributed by atoms with van der Waals surface area (Å²) in [5.41, 5.74) is -0.683. The van der Waals surface area contributed by atoms with Crippen molar-refractivity contribution < 1.29 is 30.0 Å². The monoisotopic (exact) mass is 448 g/mol. The molecule has 11 heteroatoms. The zero-order chi connectivity index (χ0) is 21.4. The van der Waals surface area contributed by atoms with E-state index >= 15 is 0 Å². The molecule has 0 amide bonds. The van der Waals surface area contributed by atoms with E-state index in [1.165, 1.54) is 43.4 Å². The van der Waals surface area contributed by atoms with Gasteiger partial charge in [0.1, 0.15) is 0 Å². The van der Waals surface area contributed by atoms with E-state index in [2.05, 4.69) is 4.72 Å². The highest BCUT2D eigenvalue weighted by molar-refractivity contribution is 7.89. The summed E-state index contributed by atoms with van der Waals surface area (Å²) in [7, 11) is -6.49. The lowest BCUT2D eigenvalue weighted by Gasteiger charge is -2.18. The molecule has 0 aliphatic heterocycles. The van der Waals surface area contributed by atoms with Gasteiger partial charge in [-0.1, -0.05) is 18.2 Å². The van der Waals surface area contributed by atoms with Crippen LogP contribution in [-0.2, 0) is 32.8 Å². The first kappa shape index (κ1) is 21.8. The van der Waals surface area contributed by atoms with Crippen LogP contribution in [0.4, 0.5) is 13.2 Å². The standard InChI is InChI=1S/C18H19F3N2O4S2/c1-23(12-13-3-2-4-14(11-13)18(19,20)21)29(26,27)17-9-7-16(8-10-17)28(24,25)22-15-5-6-15/h2-4,7-11,15,22H,5-6,12H2,1H3. The third kappa shape index (κ3) is 5.16. The highest BCUT2D eigenvalue weighted by Gasteiger charge is 2.31. The molecule has 1 fully saturated rings. The summed E-state index contributed by atoms with van der Waals surface area (Å²) in [4.78, 5) is -0.207. The van der Waals surface area contributed by atoms with E-state index in [-0.39, 0.29) is 27.9 Å². The quantitative estimate of drug-likeness (QED) is 0.706. The summed E-state index contributed by atoms with van der Waals surface area (Å²) in [6.07, 6.45) is -2.98. The number of benzene rings is 2. The SMILES string of the molecule is CN(Cc1cccc(C(F)(F)F)c1)S(=O)(=O)c1ccc(S(=O)(=O)NC2CC2)cc1. The topological polar surface area (TPSA) is 83.6 Å². The van der Waals surface area contributed by atoms with Crippen LogP contribution in [0.25, 0.3) is 0 Å². The number of nitrogens with zero attached hydrogens (tertiary/aromatic N) is 1. The van der Waals surface area contributed by atoms with Gasteiger partial charge < -0.3 is 0 Å². The fourth-order valence-corrected chi connectivity index (χ4v) is 5.11. The molecule has 2 aromatic rings. The maximum atomic E-state index is 12.8. The molecule has 0 atom stereocenters. The Bertz CT molecular complexity index is 1090. The minimum atomic E-state index is -4.52. The fourth-order valence-electron chi connectivity index (χ4n) is 2.65. The molecule has 3 rings (SSSR count). The van der Waals surface area contributed by atoms with Crippen molar-refractivity contribution in [3.05, 3.63) is 59.7 Å². The first-order valence-corrected chi connectivity index (χ1v) is 11.6. The number of hydrogen-bond acceptors (Lipinski definition) is 4. The summed E-state index contributed by atoms with van der Waals surface area (Å²) in [6.45, 7) is -0.268. The lowest BCUT2D eigenvalue weighted by atomic mass is 10.1. The fraction of sp³-hybridized carbons (Fsp3) is 0.333. The maximum absolute atomic E-state index is 12.8. The highest BCUT2D eigenvalue weighted by Crippen LogP contribution is 2.30. The molecule has 0 aromatic heterocycles. The minimum absolute atomic E-state index is 0.0520. The second-order valence-corrected chi connectivity index (χ2v) is 10.6. The van der Waals surface area contributed by atoms with Crippen LogP contribution in [-0.4, -0.2) is 34.2 Å². The molecule has 1 N–H and O–H groups in total. The van der Waals surface area contributed by atoms with Crippen molar-refractivity contribution in [3.8, 4) is 0 Å². The van der Waals surface area contributed by atoms with Gasteiger partial charge in [0.25, 0.3) is 0 Å². The summed E-state index contributed by atoms with van der Waals surface area (Å²) in [6, 6.07) is 9.05. The molecule has 0 unspecified atom stereocenters. The molecule has 158 valence electrons. The molecule has 0 saturated heterocycles. The van der Waals surface area contributed by atoms with Crippen molar-refractivity contribution in [2.75, 3.05) is 7.05 Å². The molecule has 0 spiro atoms. The van der Waals surface area contributed by atoms with E-state index in [1.807, 2.05) is 0 Å². The Labute approximate surface area is 167 Å². The Morgan fingerprint density at radius 3 is 2.14 bits per heavy atom. The number of halogens is 3. The number of rotatable bonds is 7. The van der Waals surface area contributed by atoms with Crippen LogP contribution in [0.2, 0.25) is 0 Å². The predicted molar refractivity (Wildman–Crippen MR) is 99.9 cm³/mol. The van der Waals surface area contributed by atoms with Crippen LogP contribution < -0.4 is 4.72 Å². The molecular weight excluding hydrogens is 429 g/mol. The van der Waals surface area contributed by atoms with Crippen molar-refractivity contribution in [3.63, 3.8) is 0 Å². The second kappa shape index (κ2) is 7.71. The molecule has 0 heterocycles. The molecule has 1 aliphatic carbocycles. The smallest absolute Gasteiger partial charge is 0.208 e. The average Bonchev–Trinajstić information content (AvgIpc) is 3.44. The summed E-state index contributed by atoms with van der Waals surface area (Å²) < 4.78 is 91.7. The van der Waals surface area contributed by atoms with E-state index in [9.17, 15) is 30.0 Å². The van der Waals surface area contributed by atoms with Crippen molar-refractivity contribution in [2.45, 2.75) is 41.4 Å². The van der Waals surface area contributed by atoms with Crippen LogP contribution in [0, 0.1) is 0 Å².